The van der Waals surface area contributed by atoms with E-state index >= 15 is 0 Å². The molecule has 0 heterocycles. The number of benzene rings is 2. The number of halogens is 3. The zero-order chi connectivity index (χ0) is 24.8. The molecule has 184 valence electrons. The molecular formula is C21H25Cl3O7S2. The third kappa shape index (κ3) is 7.90. The maximum atomic E-state index is 13.0. The molecule has 2 rings (SSSR count). The van der Waals surface area contributed by atoms with Crippen molar-refractivity contribution in [1.82, 2.24) is 0 Å². The number of sulfone groups is 2. The minimum atomic E-state index is -3.94. The van der Waals surface area contributed by atoms with Crippen LogP contribution in [0.5, 0.6) is 11.5 Å². The summed E-state index contributed by atoms with van der Waals surface area (Å²) >= 11 is 18.1. The first-order valence-corrected chi connectivity index (χ1v) is 14.5. The lowest BCUT2D eigenvalue weighted by molar-refractivity contribution is 0.125. The number of aliphatic hydroxyl groups excluding tert-OH is 1. The lowest BCUT2D eigenvalue weighted by Gasteiger charge is -2.15. The summed E-state index contributed by atoms with van der Waals surface area (Å²) < 4.78 is 60.1. The van der Waals surface area contributed by atoms with Gasteiger partial charge in [0, 0.05) is 17.6 Å². The van der Waals surface area contributed by atoms with Crippen LogP contribution in [0, 0.1) is 5.92 Å². The van der Waals surface area contributed by atoms with Crippen LogP contribution >= 0.6 is 34.8 Å². The summed E-state index contributed by atoms with van der Waals surface area (Å²) in [5.74, 6) is 0.465. The molecular weight excluding hydrogens is 535 g/mol. The van der Waals surface area contributed by atoms with Gasteiger partial charge in [-0.05, 0) is 36.4 Å². The SMILES string of the molecule is CCS(=O)(=O)C[C@@H](O)COc1c(Cl)cc(S(=O)(=O)c2ccc(OC[C@@H](C)CCl)cc2)cc1Cl. The van der Waals surface area contributed by atoms with Gasteiger partial charge in [0.2, 0.25) is 9.84 Å². The van der Waals surface area contributed by atoms with E-state index in [4.69, 9.17) is 44.3 Å². The highest BCUT2D eigenvalue weighted by Crippen LogP contribution is 2.37. The predicted molar refractivity (Wildman–Crippen MR) is 130 cm³/mol. The smallest absolute Gasteiger partial charge is 0.206 e. The number of hydrogen-bond donors (Lipinski definition) is 1. The van der Waals surface area contributed by atoms with E-state index in [0.717, 1.165) is 0 Å². The molecule has 0 saturated carbocycles. The highest BCUT2D eigenvalue weighted by atomic mass is 35.5. The molecule has 2 aromatic rings. The van der Waals surface area contributed by atoms with Crippen LogP contribution in [0.15, 0.2) is 46.2 Å². The van der Waals surface area contributed by atoms with Gasteiger partial charge < -0.3 is 14.6 Å². The number of rotatable bonds is 12. The van der Waals surface area contributed by atoms with E-state index in [1.165, 1.54) is 31.2 Å². The summed E-state index contributed by atoms with van der Waals surface area (Å²) in [6, 6.07) is 8.26. The molecule has 0 saturated heterocycles. The van der Waals surface area contributed by atoms with E-state index in [-0.39, 0.29) is 43.9 Å². The van der Waals surface area contributed by atoms with Crippen LogP contribution in [0.3, 0.4) is 0 Å². The Kier molecular flexibility index (Phi) is 10.1. The number of hydrogen-bond acceptors (Lipinski definition) is 7. The van der Waals surface area contributed by atoms with Gasteiger partial charge in [0.05, 0.1) is 32.2 Å². The fraction of sp³-hybridized carbons (Fsp3) is 0.429. The molecule has 7 nitrogen and oxygen atoms in total. The first-order chi connectivity index (χ1) is 15.4. The molecule has 2 atom stereocenters. The van der Waals surface area contributed by atoms with Crippen molar-refractivity contribution in [2.45, 2.75) is 29.7 Å². The minimum Gasteiger partial charge on any atom is -0.493 e. The van der Waals surface area contributed by atoms with Crippen LogP contribution in [0.25, 0.3) is 0 Å². The maximum Gasteiger partial charge on any atom is 0.206 e. The normalized spacial score (nSPS) is 14.0. The monoisotopic (exact) mass is 558 g/mol. The summed E-state index contributed by atoms with van der Waals surface area (Å²) in [5, 5.41) is 9.70. The molecule has 33 heavy (non-hydrogen) atoms. The van der Waals surface area contributed by atoms with Crippen molar-refractivity contribution in [2.75, 3.05) is 30.6 Å². The van der Waals surface area contributed by atoms with Gasteiger partial charge in [0.25, 0.3) is 0 Å². The summed E-state index contributed by atoms with van der Waals surface area (Å²) in [7, 11) is -7.34. The largest absolute Gasteiger partial charge is 0.493 e. The zero-order valence-electron chi connectivity index (χ0n) is 18.0. The standard InChI is InChI=1S/C21H25Cl3O7S2/c1-3-32(26,27)13-15(25)12-31-21-19(23)8-18(9-20(21)24)33(28,29)17-6-4-16(5-7-17)30-11-14(2)10-22/h4-9,14-15,25H,3,10-13H2,1-2H3/t14-,15-/m0/s1. The molecule has 0 bridgehead atoms. The highest BCUT2D eigenvalue weighted by Gasteiger charge is 2.23. The molecule has 0 aliphatic carbocycles. The van der Waals surface area contributed by atoms with Crippen molar-refractivity contribution in [3.8, 4) is 11.5 Å². The van der Waals surface area contributed by atoms with Crippen molar-refractivity contribution >= 4 is 54.5 Å². The molecule has 0 aromatic heterocycles. The van der Waals surface area contributed by atoms with Crippen LogP contribution in [0.1, 0.15) is 13.8 Å². The minimum absolute atomic E-state index is 0.0150. The van der Waals surface area contributed by atoms with Gasteiger partial charge in [0.15, 0.2) is 15.6 Å². The molecule has 0 spiro atoms. The highest BCUT2D eigenvalue weighted by molar-refractivity contribution is 7.91. The molecule has 0 fully saturated rings. The summed E-state index contributed by atoms with van der Waals surface area (Å²) in [4.78, 5) is -0.135. The number of aliphatic hydroxyl groups is 1. The Labute approximate surface area is 209 Å². The molecule has 2 aromatic carbocycles. The van der Waals surface area contributed by atoms with E-state index in [9.17, 15) is 21.9 Å². The molecule has 0 aliphatic rings. The second-order valence-corrected chi connectivity index (χ2v) is 12.9. The Balaban J connectivity index is 2.17. The Hall–Kier alpha value is -1.23. The van der Waals surface area contributed by atoms with Crippen molar-refractivity contribution in [3.63, 3.8) is 0 Å². The van der Waals surface area contributed by atoms with Gasteiger partial charge in [-0.25, -0.2) is 16.8 Å². The Morgan fingerprint density at radius 3 is 2.03 bits per heavy atom. The van der Waals surface area contributed by atoms with Gasteiger partial charge in [-0.3, -0.25) is 0 Å². The molecule has 0 radical (unpaired) electrons. The van der Waals surface area contributed by atoms with Crippen LogP contribution < -0.4 is 9.47 Å². The van der Waals surface area contributed by atoms with Crippen molar-refractivity contribution in [1.29, 1.82) is 0 Å². The van der Waals surface area contributed by atoms with Gasteiger partial charge >= 0.3 is 0 Å². The molecule has 0 aliphatic heterocycles. The quantitative estimate of drug-likeness (QED) is 0.387. The summed E-state index contributed by atoms with van der Waals surface area (Å²) in [6.07, 6.45) is -1.29. The van der Waals surface area contributed by atoms with Crippen LogP contribution in [0.2, 0.25) is 10.0 Å². The molecule has 0 unspecified atom stereocenters. The third-order valence-electron chi connectivity index (χ3n) is 4.52. The molecule has 0 amide bonds. The average Bonchev–Trinajstić information content (AvgIpc) is 2.76. The average molecular weight is 560 g/mol. The van der Waals surface area contributed by atoms with Gasteiger partial charge in [-0.2, -0.15) is 0 Å². The first kappa shape index (κ1) is 28.0. The maximum absolute atomic E-state index is 13.0. The Morgan fingerprint density at radius 1 is 0.939 bits per heavy atom. The van der Waals surface area contributed by atoms with Crippen LogP contribution in [-0.2, 0) is 19.7 Å². The summed E-state index contributed by atoms with van der Waals surface area (Å²) in [5.41, 5.74) is 0. The lowest BCUT2D eigenvalue weighted by atomic mass is 10.2. The number of ether oxygens (including phenoxy) is 2. The fourth-order valence-corrected chi connectivity index (χ4v) is 5.65. The van der Waals surface area contributed by atoms with E-state index in [1.54, 1.807) is 12.1 Å². The van der Waals surface area contributed by atoms with E-state index < -0.39 is 31.5 Å². The third-order valence-corrected chi connectivity index (χ3v) is 9.13. The van der Waals surface area contributed by atoms with Crippen molar-refractivity contribution in [2.24, 2.45) is 5.92 Å². The molecule has 12 heteroatoms. The Morgan fingerprint density at radius 2 is 1.52 bits per heavy atom. The van der Waals surface area contributed by atoms with E-state index in [0.29, 0.717) is 18.2 Å². The van der Waals surface area contributed by atoms with Gasteiger partial charge in [-0.1, -0.05) is 37.0 Å². The van der Waals surface area contributed by atoms with Crippen molar-refractivity contribution < 1.29 is 31.4 Å². The number of alkyl halides is 1. The predicted octanol–water partition coefficient (Wildman–Crippen LogP) is 4.25. The lowest BCUT2D eigenvalue weighted by Crippen LogP contribution is -2.28. The van der Waals surface area contributed by atoms with E-state index in [2.05, 4.69) is 0 Å². The van der Waals surface area contributed by atoms with Crippen LogP contribution in [0.4, 0.5) is 0 Å². The second-order valence-electron chi connectivity index (χ2n) is 7.43. The second kappa shape index (κ2) is 12.0. The molecule has 1 N–H and O–H groups in total. The fourth-order valence-electron chi connectivity index (χ4n) is 2.60. The topological polar surface area (TPSA) is 107 Å². The van der Waals surface area contributed by atoms with Gasteiger partial charge in [-0.15, -0.1) is 11.6 Å². The van der Waals surface area contributed by atoms with Gasteiger partial charge in [0.1, 0.15) is 18.5 Å². The van der Waals surface area contributed by atoms with Crippen molar-refractivity contribution in [3.05, 3.63) is 46.4 Å². The summed E-state index contributed by atoms with van der Waals surface area (Å²) in [6.45, 7) is 3.43. The zero-order valence-corrected chi connectivity index (χ0v) is 21.9. The Bertz CT molecular complexity index is 1130. The van der Waals surface area contributed by atoms with E-state index in [1.807, 2.05) is 6.92 Å². The first-order valence-electron chi connectivity index (χ1n) is 9.93. The van der Waals surface area contributed by atoms with Crippen LogP contribution in [-0.4, -0.2) is 58.6 Å².